The lowest BCUT2D eigenvalue weighted by molar-refractivity contribution is -0.102. The van der Waals surface area contributed by atoms with E-state index in [4.69, 9.17) is 18.9 Å². The van der Waals surface area contributed by atoms with Crippen molar-refractivity contribution in [3.8, 4) is 22.9 Å². The number of nitrogens with zero attached hydrogens (tertiary/aromatic N) is 1. The fourth-order valence-corrected chi connectivity index (χ4v) is 4.08. The van der Waals surface area contributed by atoms with E-state index >= 15 is 0 Å². The first kappa shape index (κ1) is 18.7. The van der Waals surface area contributed by atoms with E-state index in [-0.39, 0.29) is 17.6 Å². The molecular weight excluding hydrogens is 372 g/mol. The topological polar surface area (TPSA) is 71.0 Å². The fraction of sp³-hybridized carbons (Fsp3) is 0.500. The van der Waals surface area contributed by atoms with Crippen LogP contribution >= 0.6 is 0 Å². The Morgan fingerprint density at radius 1 is 1.24 bits per heavy atom. The van der Waals surface area contributed by atoms with E-state index in [0.29, 0.717) is 32.3 Å². The average Bonchev–Trinajstić information content (AvgIpc) is 2.72. The Morgan fingerprint density at radius 3 is 2.90 bits per heavy atom. The second kappa shape index (κ2) is 7.82. The van der Waals surface area contributed by atoms with Crippen molar-refractivity contribution >= 4 is 0 Å². The first-order chi connectivity index (χ1) is 14.2. The normalized spacial score (nSPS) is 21.1. The van der Waals surface area contributed by atoms with E-state index in [1.807, 2.05) is 13.0 Å². The van der Waals surface area contributed by atoms with Crippen molar-refractivity contribution in [2.75, 3.05) is 39.5 Å². The van der Waals surface area contributed by atoms with Crippen molar-refractivity contribution in [2.45, 2.75) is 32.1 Å². The van der Waals surface area contributed by atoms with E-state index in [1.54, 1.807) is 6.07 Å². The zero-order chi connectivity index (χ0) is 19.8. The number of pyridine rings is 1. The van der Waals surface area contributed by atoms with Gasteiger partial charge in [0, 0.05) is 36.8 Å². The number of ether oxygens (including phenoxy) is 4. The Labute approximate surface area is 169 Å². The number of hydrogen-bond acceptors (Lipinski definition) is 6. The van der Waals surface area contributed by atoms with Gasteiger partial charge in [0.15, 0.2) is 11.3 Å². The molecular formula is C22H26N2O5. The van der Waals surface area contributed by atoms with Gasteiger partial charge in [0.1, 0.15) is 24.6 Å². The largest absolute Gasteiger partial charge is 0.488 e. The molecule has 2 fully saturated rings. The molecule has 7 heteroatoms. The summed E-state index contributed by atoms with van der Waals surface area (Å²) in [5, 5.41) is 3.22. The van der Waals surface area contributed by atoms with Gasteiger partial charge in [-0.15, -0.1) is 0 Å². The van der Waals surface area contributed by atoms with Crippen molar-refractivity contribution in [1.82, 2.24) is 9.88 Å². The Hall–Kier alpha value is -2.35. The fourth-order valence-electron chi connectivity index (χ4n) is 4.08. The minimum absolute atomic E-state index is 0.0132. The van der Waals surface area contributed by atoms with Crippen molar-refractivity contribution in [2.24, 2.45) is 0 Å². The van der Waals surface area contributed by atoms with Crippen LogP contribution in [0.5, 0.6) is 11.6 Å². The van der Waals surface area contributed by atoms with Gasteiger partial charge in [0.05, 0.1) is 25.5 Å². The Kier molecular flexibility index (Phi) is 5.03. The van der Waals surface area contributed by atoms with Crippen LogP contribution in [-0.2, 0) is 22.4 Å². The molecule has 0 bridgehead atoms. The number of fused-ring (bicyclic) bond motifs is 3. The van der Waals surface area contributed by atoms with Crippen molar-refractivity contribution in [3.63, 3.8) is 0 Å². The van der Waals surface area contributed by atoms with Gasteiger partial charge in [0.25, 0.3) is 0 Å². The van der Waals surface area contributed by atoms with Crippen LogP contribution in [0.4, 0.5) is 0 Å². The smallest absolute Gasteiger partial charge is 0.197 e. The molecule has 29 heavy (non-hydrogen) atoms. The van der Waals surface area contributed by atoms with Crippen molar-refractivity contribution in [3.05, 3.63) is 45.6 Å². The molecule has 7 nitrogen and oxygen atoms in total. The third kappa shape index (κ3) is 3.66. The number of aromatic nitrogens is 1. The Bertz CT molecular complexity index is 960. The molecule has 0 saturated carbocycles. The first-order valence-electron chi connectivity index (χ1n) is 10.3. The molecule has 154 valence electrons. The number of rotatable bonds is 5. The maximum atomic E-state index is 12.7. The molecule has 0 radical (unpaired) electrons. The minimum atomic E-state index is -0.104. The Balaban J connectivity index is 1.44. The summed E-state index contributed by atoms with van der Waals surface area (Å²) < 4.78 is 25.2. The molecule has 2 saturated heterocycles. The summed E-state index contributed by atoms with van der Waals surface area (Å²) >= 11 is 0. The first-order valence-corrected chi connectivity index (χ1v) is 10.3. The molecule has 1 N–H and O–H groups in total. The maximum absolute atomic E-state index is 12.7. The lowest BCUT2D eigenvalue weighted by atomic mass is 9.94. The van der Waals surface area contributed by atoms with Gasteiger partial charge < -0.3 is 28.8 Å². The summed E-state index contributed by atoms with van der Waals surface area (Å²) in [4.78, 5) is 12.7. The molecule has 1 atom stereocenters. The van der Waals surface area contributed by atoms with Gasteiger partial charge in [-0.2, -0.15) is 0 Å². The third-order valence-electron chi connectivity index (χ3n) is 5.80. The molecule has 3 aliphatic heterocycles. The predicted octanol–water partition coefficient (Wildman–Crippen LogP) is 1.52. The Morgan fingerprint density at radius 2 is 2.14 bits per heavy atom. The lowest BCUT2D eigenvalue weighted by Crippen LogP contribution is -2.50. The van der Waals surface area contributed by atoms with Crippen LogP contribution in [-0.4, -0.2) is 56.3 Å². The molecule has 0 amide bonds. The van der Waals surface area contributed by atoms with Crippen molar-refractivity contribution in [1.29, 1.82) is 0 Å². The summed E-state index contributed by atoms with van der Waals surface area (Å²) in [6, 6.07) is 7.77. The third-order valence-corrected chi connectivity index (χ3v) is 5.80. The average molecular weight is 398 g/mol. The second-order valence-corrected chi connectivity index (χ2v) is 7.82. The molecule has 0 unspecified atom stereocenters. The monoisotopic (exact) mass is 398 g/mol. The van der Waals surface area contributed by atoms with Gasteiger partial charge in [-0.05, 0) is 37.1 Å². The molecule has 4 heterocycles. The van der Waals surface area contributed by atoms with Gasteiger partial charge in [-0.3, -0.25) is 4.79 Å². The summed E-state index contributed by atoms with van der Waals surface area (Å²) in [5.74, 6) is 1.49. The van der Waals surface area contributed by atoms with E-state index in [0.717, 1.165) is 48.6 Å². The van der Waals surface area contributed by atoms with E-state index in [1.165, 1.54) is 5.56 Å². The minimum Gasteiger partial charge on any atom is -0.488 e. The zero-order valence-electron chi connectivity index (χ0n) is 16.6. The van der Waals surface area contributed by atoms with Gasteiger partial charge >= 0.3 is 0 Å². The SMILES string of the molecule is Cc1c2n(c(OC[C@@H]3COCCO3)cc1=O)CCc1cc(OC3CNC3)ccc1-2. The van der Waals surface area contributed by atoms with Crippen LogP contribution in [0.15, 0.2) is 29.1 Å². The van der Waals surface area contributed by atoms with Crippen LogP contribution in [0.25, 0.3) is 11.3 Å². The lowest BCUT2D eigenvalue weighted by Gasteiger charge is -2.30. The molecule has 2 aromatic rings. The van der Waals surface area contributed by atoms with E-state index < -0.39 is 0 Å². The van der Waals surface area contributed by atoms with Crippen LogP contribution < -0.4 is 20.2 Å². The van der Waals surface area contributed by atoms with Gasteiger partial charge in [-0.25, -0.2) is 0 Å². The molecule has 3 aliphatic rings. The van der Waals surface area contributed by atoms with Crippen LogP contribution in [0, 0.1) is 6.92 Å². The quantitative estimate of drug-likeness (QED) is 0.824. The molecule has 1 aromatic heterocycles. The second-order valence-electron chi connectivity index (χ2n) is 7.82. The summed E-state index contributed by atoms with van der Waals surface area (Å²) in [5.41, 5.74) is 3.95. The number of benzene rings is 1. The number of nitrogens with one attached hydrogen (secondary N) is 1. The van der Waals surface area contributed by atoms with E-state index in [2.05, 4.69) is 22.0 Å². The van der Waals surface area contributed by atoms with E-state index in [9.17, 15) is 4.79 Å². The highest BCUT2D eigenvalue weighted by molar-refractivity contribution is 5.70. The van der Waals surface area contributed by atoms with Gasteiger partial charge in [-0.1, -0.05) is 0 Å². The molecule has 0 spiro atoms. The standard InChI is InChI=1S/C22H26N2O5/c1-14-20(25)9-21(28-13-18-12-26-6-7-27-18)24-5-4-15-8-16(29-17-10-23-11-17)2-3-19(15)22(14)24/h2-3,8-9,17-18,23H,4-7,10-13H2,1H3/t18-/m0/s1. The summed E-state index contributed by atoms with van der Waals surface area (Å²) in [6.45, 7) is 6.52. The molecule has 5 rings (SSSR count). The highest BCUT2D eigenvalue weighted by Gasteiger charge is 2.25. The number of aryl methyl sites for hydroxylation is 1. The highest BCUT2D eigenvalue weighted by atomic mass is 16.6. The summed E-state index contributed by atoms with van der Waals surface area (Å²) in [7, 11) is 0. The molecule has 0 aliphatic carbocycles. The number of hydrogen-bond donors (Lipinski definition) is 1. The van der Waals surface area contributed by atoms with Crippen LogP contribution in [0.2, 0.25) is 0 Å². The van der Waals surface area contributed by atoms with Crippen molar-refractivity contribution < 1.29 is 18.9 Å². The zero-order valence-corrected chi connectivity index (χ0v) is 16.6. The van der Waals surface area contributed by atoms with Crippen LogP contribution in [0.1, 0.15) is 11.1 Å². The van der Waals surface area contributed by atoms with Gasteiger partial charge in [0.2, 0.25) is 0 Å². The molecule has 1 aromatic carbocycles. The van der Waals surface area contributed by atoms with Crippen LogP contribution in [0.3, 0.4) is 0 Å². The predicted molar refractivity (Wildman–Crippen MR) is 108 cm³/mol. The summed E-state index contributed by atoms with van der Waals surface area (Å²) in [6.07, 6.45) is 1.01. The maximum Gasteiger partial charge on any atom is 0.197 e. The highest BCUT2D eigenvalue weighted by Crippen LogP contribution is 2.36.